The van der Waals surface area contributed by atoms with E-state index in [1.165, 1.54) is 19.3 Å². The van der Waals surface area contributed by atoms with Gasteiger partial charge in [-0.05, 0) is 25.2 Å². The average molecular weight is 254 g/mol. The van der Waals surface area contributed by atoms with Crippen molar-refractivity contribution in [2.45, 2.75) is 44.6 Å². The topological polar surface area (TPSA) is 78.4 Å². The van der Waals surface area contributed by atoms with Gasteiger partial charge in [-0.1, -0.05) is 19.3 Å². The van der Waals surface area contributed by atoms with Crippen molar-refractivity contribution in [3.63, 3.8) is 0 Å². The zero-order valence-electron chi connectivity index (χ0n) is 10.7. The van der Waals surface area contributed by atoms with Gasteiger partial charge in [-0.15, -0.1) is 0 Å². The minimum atomic E-state index is -0.928. The minimum Gasteiger partial charge on any atom is -0.392 e. The summed E-state index contributed by atoms with van der Waals surface area (Å²) in [6, 6.07) is 0. The lowest BCUT2D eigenvalue weighted by Gasteiger charge is -2.28. The van der Waals surface area contributed by atoms with Crippen molar-refractivity contribution < 1.29 is 14.7 Å². The van der Waals surface area contributed by atoms with Gasteiger partial charge in [-0.3, -0.25) is 9.59 Å². The van der Waals surface area contributed by atoms with Crippen molar-refractivity contribution in [3.05, 3.63) is 0 Å². The first-order chi connectivity index (χ1) is 8.68. The van der Waals surface area contributed by atoms with Crippen molar-refractivity contribution in [2.24, 2.45) is 11.8 Å². The lowest BCUT2D eigenvalue weighted by Crippen LogP contribution is -2.52. The normalized spacial score (nSPS) is 29.7. The molecule has 0 radical (unpaired) electrons. The number of rotatable bonds is 3. The maximum Gasteiger partial charge on any atom is 0.235 e. The van der Waals surface area contributed by atoms with E-state index in [1.807, 2.05) is 0 Å². The van der Waals surface area contributed by atoms with E-state index in [0.29, 0.717) is 25.4 Å². The van der Waals surface area contributed by atoms with E-state index in [1.54, 1.807) is 0 Å². The van der Waals surface area contributed by atoms with E-state index in [-0.39, 0.29) is 11.8 Å². The van der Waals surface area contributed by atoms with Gasteiger partial charge < -0.3 is 15.7 Å². The molecule has 18 heavy (non-hydrogen) atoms. The molecule has 5 heteroatoms. The summed E-state index contributed by atoms with van der Waals surface area (Å²) in [6.07, 6.45) is 5.66. The predicted octanol–water partition coefficient (Wildman–Crippen LogP) is 0.180. The van der Waals surface area contributed by atoms with Crippen molar-refractivity contribution in [1.82, 2.24) is 10.6 Å². The fourth-order valence-corrected chi connectivity index (χ4v) is 2.83. The number of amides is 2. The minimum absolute atomic E-state index is 0.328. The third-order valence-corrected chi connectivity index (χ3v) is 3.98. The molecule has 1 heterocycles. The van der Waals surface area contributed by atoms with Crippen LogP contribution in [0, 0.1) is 11.8 Å². The van der Waals surface area contributed by atoms with E-state index in [2.05, 4.69) is 10.6 Å². The molecule has 0 aromatic heterocycles. The number of piperidine rings is 1. The number of hydrogen-bond acceptors (Lipinski definition) is 3. The molecule has 0 aromatic carbocycles. The molecule has 1 aliphatic carbocycles. The summed E-state index contributed by atoms with van der Waals surface area (Å²) >= 11 is 0. The van der Waals surface area contributed by atoms with E-state index < -0.39 is 12.0 Å². The first-order valence-corrected chi connectivity index (χ1v) is 6.92. The molecule has 0 bridgehead atoms. The van der Waals surface area contributed by atoms with Crippen LogP contribution in [-0.4, -0.2) is 36.1 Å². The SMILES string of the molecule is O=C1NCCC(O)C1C(=O)NCC1CCCCC1. The first kappa shape index (κ1) is 13.3. The van der Waals surface area contributed by atoms with Crippen LogP contribution in [0.2, 0.25) is 0 Å². The maximum absolute atomic E-state index is 11.9. The van der Waals surface area contributed by atoms with E-state index >= 15 is 0 Å². The van der Waals surface area contributed by atoms with Gasteiger partial charge in [0.25, 0.3) is 0 Å². The molecule has 3 N–H and O–H groups in total. The zero-order chi connectivity index (χ0) is 13.0. The Kier molecular flexibility index (Phi) is 4.58. The molecule has 0 spiro atoms. The van der Waals surface area contributed by atoms with Gasteiger partial charge in [0.15, 0.2) is 0 Å². The summed E-state index contributed by atoms with van der Waals surface area (Å²) < 4.78 is 0. The second-order valence-electron chi connectivity index (χ2n) is 5.37. The lowest BCUT2D eigenvalue weighted by molar-refractivity contribution is -0.142. The average Bonchev–Trinajstić information content (AvgIpc) is 2.37. The fraction of sp³-hybridized carbons (Fsp3) is 0.846. The monoisotopic (exact) mass is 254 g/mol. The maximum atomic E-state index is 11.9. The van der Waals surface area contributed by atoms with Gasteiger partial charge in [-0.2, -0.15) is 0 Å². The van der Waals surface area contributed by atoms with Gasteiger partial charge in [0.2, 0.25) is 11.8 Å². The number of nitrogens with one attached hydrogen (secondary N) is 2. The summed E-state index contributed by atoms with van der Waals surface area (Å²) in [6.45, 7) is 1.09. The molecule has 2 unspecified atom stereocenters. The summed E-state index contributed by atoms with van der Waals surface area (Å²) in [4.78, 5) is 23.5. The lowest BCUT2D eigenvalue weighted by atomic mass is 9.89. The molecular weight excluding hydrogens is 232 g/mol. The van der Waals surface area contributed by atoms with Crippen molar-refractivity contribution >= 4 is 11.8 Å². The molecule has 1 saturated carbocycles. The molecule has 1 aliphatic heterocycles. The second kappa shape index (κ2) is 6.18. The molecule has 2 amide bonds. The molecule has 0 aromatic rings. The van der Waals surface area contributed by atoms with Gasteiger partial charge >= 0.3 is 0 Å². The Morgan fingerprint density at radius 2 is 2.00 bits per heavy atom. The number of carbonyl (C=O) groups is 2. The zero-order valence-corrected chi connectivity index (χ0v) is 10.7. The van der Waals surface area contributed by atoms with Crippen LogP contribution in [0.15, 0.2) is 0 Å². The number of aliphatic hydroxyl groups is 1. The Hall–Kier alpha value is -1.10. The van der Waals surface area contributed by atoms with Crippen molar-refractivity contribution in [2.75, 3.05) is 13.1 Å². The van der Waals surface area contributed by atoms with E-state index in [9.17, 15) is 14.7 Å². The molecule has 2 fully saturated rings. The Bertz CT molecular complexity index is 313. The van der Waals surface area contributed by atoms with Crippen LogP contribution in [0.1, 0.15) is 38.5 Å². The summed E-state index contributed by atoms with van der Waals surface area (Å²) in [5, 5.41) is 15.2. The molecule has 2 rings (SSSR count). The standard InChI is InChI=1S/C13H22N2O3/c16-10-6-7-14-12(17)11(10)13(18)15-8-9-4-2-1-3-5-9/h9-11,16H,1-8H2,(H,14,17)(H,15,18). The first-order valence-electron chi connectivity index (χ1n) is 6.92. The van der Waals surface area contributed by atoms with Crippen LogP contribution >= 0.6 is 0 Å². The highest BCUT2D eigenvalue weighted by Gasteiger charge is 2.36. The summed E-state index contributed by atoms with van der Waals surface area (Å²) in [5.74, 6) is -1.07. The van der Waals surface area contributed by atoms with Crippen molar-refractivity contribution in [1.29, 1.82) is 0 Å². The Balaban J connectivity index is 1.80. The summed E-state index contributed by atoms with van der Waals surface area (Å²) in [5.41, 5.74) is 0. The number of carbonyl (C=O) groups excluding carboxylic acids is 2. The predicted molar refractivity (Wildman–Crippen MR) is 66.7 cm³/mol. The highest BCUT2D eigenvalue weighted by molar-refractivity contribution is 6.01. The van der Waals surface area contributed by atoms with Gasteiger partial charge in [0, 0.05) is 13.1 Å². The van der Waals surface area contributed by atoms with Gasteiger partial charge in [0.1, 0.15) is 5.92 Å². The quantitative estimate of drug-likeness (QED) is 0.629. The molecule has 102 valence electrons. The highest BCUT2D eigenvalue weighted by atomic mass is 16.3. The number of aliphatic hydroxyl groups excluding tert-OH is 1. The van der Waals surface area contributed by atoms with Crippen LogP contribution in [0.4, 0.5) is 0 Å². The third kappa shape index (κ3) is 3.22. The molecule has 2 atom stereocenters. The molecule has 1 saturated heterocycles. The van der Waals surface area contributed by atoms with Crippen LogP contribution < -0.4 is 10.6 Å². The molecule has 2 aliphatic rings. The second-order valence-corrected chi connectivity index (χ2v) is 5.37. The van der Waals surface area contributed by atoms with Gasteiger partial charge in [-0.25, -0.2) is 0 Å². The highest BCUT2D eigenvalue weighted by Crippen LogP contribution is 2.23. The molecular formula is C13H22N2O3. The smallest absolute Gasteiger partial charge is 0.235 e. The van der Waals surface area contributed by atoms with Gasteiger partial charge in [0.05, 0.1) is 6.10 Å². The van der Waals surface area contributed by atoms with Crippen LogP contribution in [0.5, 0.6) is 0 Å². The van der Waals surface area contributed by atoms with Crippen molar-refractivity contribution in [3.8, 4) is 0 Å². The van der Waals surface area contributed by atoms with Crippen LogP contribution in [0.3, 0.4) is 0 Å². The van der Waals surface area contributed by atoms with Crippen LogP contribution in [0.25, 0.3) is 0 Å². The Morgan fingerprint density at radius 3 is 2.67 bits per heavy atom. The summed E-state index contributed by atoms with van der Waals surface area (Å²) in [7, 11) is 0. The Labute approximate surface area is 107 Å². The van der Waals surface area contributed by atoms with E-state index in [0.717, 1.165) is 12.8 Å². The third-order valence-electron chi connectivity index (χ3n) is 3.98. The largest absolute Gasteiger partial charge is 0.392 e. The van der Waals surface area contributed by atoms with Crippen LogP contribution in [-0.2, 0) is 9.59 Å². The number of hydrogen-bond donors (Lipinski definition) is 3. The van der Waals surface area contributed by atoms with E-state index in [4.69, 9.17) is 0 Å². The molecule has 5 nitrogen and oxygen atoms in total. The fourth-order valence-electron chi connectivity index (χ4n) is 2.83. The Morgan fingerprint density at radius 1 is 1.28 bits per heavy atom.